The van der Waals surface area contributed by atoms with Crippen molar-refractivity contribution in [3.8, 4) is 0 Å². The largest absolute Gasteiger partial charge is 0.383 e. The van der Waals surface area contributed by atoms with Crippen molar-refractivity contribution in [2.45, 2.75) is 26.3 Å². The summed E-state index contributed by atoms with van der Waals surface area (Å²) in [5.74, 6) is 0.655. The topological polar surface area (TPSA) is 91.9 Å². The van der Waals surface area contributed by atoms with Crippen LogP contribution in [-0.2, 0) is 11.2 Å². The average molecular weight is 424 g/mol. The molecule has 0 aliphatic rings. The van der Waals surface area contributed by atoms with E-state index < -0.39 is 0 Å². The molecule has 0 saturated carbocycles. The van der Waals surface area contributed by atoms with Crippen LogP contribution in [-0.4, -0.2) is 47.2 Å². The second-order valence-corrected chi connectivity index (χ2v) is 8.32. The summed E-state index contributed by atoms with van der Waals surface area (Å²) in [5.41, 5.74) is 3.30. The van der Waals surface area contributed by atoms with E-state index in [0.29, 0.717) is 11.5 Å². The average Bonchev–Trinajstić information content (AvgIpc) is 3.30. The van der Waals surface area contributed by atoms with Gasteiger partial charge in [-0.15, -0.1) is 11.3 Å². The maximum atomic E-state index is 12.7. The van der Waals surface area contributed by atoms with Gasteiger partial charge >= 0.3 is 0 Å². The SMILES string of the molecule is COC[C@@H](C)NC(=O)c1sc2ncnc(NCCc3c[nH]c4ccccc34)c2c1C. The number of carbonyl (C=O) groups excluding carboxylic acids is 1. The fourth-order valence-electron chi connectivity index (χ4n) is 3.66. The summed E-state index contributed by atoms with van der Waals surface area (Å²) >= 11 is 1.39. The van der Waals surface area contributed by atoms with Crippen molar-refractivity contribution in [1.82, 2.24) is 20.3 Å². The Bertz CT molecular complexity index is 1180. The lowest BCUT2D eigenvalue weighted by molar-refractivity contribution is 0.0909. The first-order valence-electron chi connectivity index (χ1n) is 9.91. The highest BCUT2D eigenvalue weighted by molar-refractivity contribution is 7.20. The van der Waals surface area contributed by atoms with Crippen molar-refractivity contribution >= 4 is 44.2 Å². The van der Waals surface area contributed by atoms with Crippen molar-refractivity contribution in [3.63, 3.8) is 0 Å². The fourth-order valence-corrected chi connectivity index (χ4v) is 4.71. The molecule has 0 unspecified atom stereocenters. The van der Waals surface area contributed by atoms with Gasteiger partial charge in [0.25, 0.3) is 5.91 Å². The zero-order valence-corrected chi connectivity index (χ0v) is 18.1. The summed E-state index contributed by atoms with van der Waals surface area (Å²) < 4.78 is 5.10. The molecule has 1 amide bonds. The van der Waals surface area contributed by atoms with E-state index in [1.54, 1.807) is 13.4 Å². The fraction of sp³-hybridized carbons (Fsp3) is 0.318. The first-order chi connectivity index (χ1) is 14.6. The van der Waals surface area contributed by atoms with Crippen molar-refractivity contribution < 1.29 is 9.53 Å². The second kappa shape index (κ2) is 8.81. The molecule has 0 saturated heterocycles. The second-order valence-electron chi connectivity index (χ2n) is 7.32. The molecule has 30 heavy (non-hydrogen) atoms. The van der Waals surface area contributed by atoms with Crippen LogP contribution in [0.1, 0.15) is 27.7 Å². The summed E-state index contributed by atoms with van der Waals surface area (Å²) in [6.45, 7) is 5.07. The molecule has 4 aromatic rings. The Morgan fingerprint density at radius 1 is 1.30 bits per heavy atom. The van der Waals surface area contributed by atoms with Gasteiger partial charge < -0.3 is 20.4 Å². The minimum absolute atomic E-state index is 0.0630. The number of ether oxygens (including phenoxy) is 1. The minimum atomic E-state index is -0.107. The van der Waals surface area contributed by atoms with Crippen molar-refractivity contribution in [3.05, 3.63) is 52.8 Å². The summed E-state index contributed by atoms with van der Waals surface area (Å²) in [5, 5.41) is 8.55. The van der Waals surface area contributed by atoms with Crippen LogP contribution in [0.3, 0.4) is 0 Å². The number of aromatic amines is 1. The molecule has 0 aliphatic carbocycles. The van der Waals surface area contributed by atoms with E-state index in [1.807, 2.05) is 19.9 Å². The maximum absolute atomic E-state index is 12.7. The Labute approximate surface area is 178 Å². The Balaban J connectivity index is 1.51. The predicted octanol–water partition coefficient (Wildman–Crippen LogP) is 3.90. The van der Waals surface area contributed by atoms with E-state index in [-0.39, 0.29) is 11.9 Å². The maximum Gasteiger partial charge on any atom is 0.262 e. The van der Waals surface area contributed by atoms with Crippen LogP contribution in [0.2, 0.25) is 0 Å². The van der Waals surface area contributed by atoms with Crippen LogP contribution in [0.25, 0.3) is 21.1 Å². The van der Waals surface area contributed by atoms with Gasteiger partial charge in [0, 0.05) is 36.8 Å². The molecular weight excluding hydrogens is 398 g/mol. The van der Waals surface area contributed by atoms with Crippen LogP contribution < -0.4 is 10.6 Å². The molecule has 7 nitrogen and oxygen atoms in total. The zero-order chi connectivity index (χ0) is 21.1. The molecule has 0 fully saturated rings. The van der Waals surface area contributed by atoms with Crippen molar-refractivity contribution in [2.75, 3.05) is 25.6 Å². The van der Waals surface area contributed by atoms with Crippen LogP contribution >= 0.6 is 11.3 Å². The summed E-state index contributed by atoms with van der Waals surface area (Å²) in [6, 6.07) is 8.22. The third-order valence-electron chi connectivity index (χ3n) is 5.09. The van der Waals surface area contributed by atoms with Crippen LogP contribution in [0, 0.1) is 6.92 Å². The molecule has 0 aliphatic heterocycles. The molecule has 1 aromatic carbocycles. The predicted molar refractivity (Wildman–Crippen MR) is 121 cm³/mol. The van der Waals surface area contributed by atoms with E-state index in [9.17, 15) is 4.79 Å². The number of carbonyl (C=O) groups is 1. The van der Waals surface area contributed by atoms with Crippen LogP contribution in [0.4, 0.5) is 5.82 Å². The quantitative estimate of drug-likeness (QED) is 0.400. The number of aromatic nitrogens is 3. The number of rotatable bonds is 8. The Morgan fingerprint density at radius 3 is 2.97 bits per heavy atom. The molecule has 3 N–H and O–H groups in total. The molecule has 1 atom stereocenters. The number of benzene rings is 1. The van der Waals surface area contributed by atoms with E-state index >= 15 is 0 Å². The lowest BCUT2D eigenvalue weighted by Crippen LogP contribution is -2.35. The van der Waals surface area contributed by atoms with Gasteiger partial charge in [-0.3, -0.25) is 4.79 Å². The lowest BCUT2D eigenvalue weighted by atomic mass is 10.1. The first kappa shape index (κ1) is 20.3. The number of fused-ring (bicyclic) bond motifs is 2. The first-order valence-corrected chi connectivity index (χ1v) is 10.7. The smallest absolute Gasteiger partial charge is 0.262 e. The van der Waals surface area contributed by atoms with Gasteiger partial charge in [-0.2, -0.15) is 0 Å². The number of amides is 1. The summed E-state index contributed by atoms with van der Waals surface area (Å²) in [6.07, 6.45) is 4.46. The highest BCUT2D eigenvalue weighted by Crippen LogP contribution is 2.33. The standard InChI is InChI=1S/C22H25N5O2S/c1-13(11-29-3)27-21(28)19-14(2)18-20(25-12-26-22(18)30-19)23-9-8-15-10-24-17-7-5-4-6-16(15)17/h4-7,10,12-13,24H,8-9,11H2,1-3H3,(H,27,28)(H,23,25,26)/t13-/m1/s1. The minimum Gasteiger partial charge on any atom is -0.383 e. The number of aryl methyl sites for hydroxylation is 1. The van der Waals surface area contributed by atoms with Gasteiger partial charge in [0.05, 0.1) is 16.9 Å². The lowest BCUT2D eigenvalue weighted by Gasteiger charge is -2.12. The molecule has 8 heteroatoms. The number of thiophene rings is 1. The highest BCUT2D eigenvalue weighted by atomic mass is 32.1. The number of nitrogens with one attached hydrogen (secondary N) is 3. The molecule has 3 aromatic heterocycles. The van der Waals surface area contributed by atoms with E-state index in [4.69, 9.17) is 4.74 Å². The molecule has 0 radical (unpaired) electrons. The number of nitrogens with zero attached hydrogens (tertiary/aromatic N) is 2. The normalized spacial score (nSPS) is 12.4. The van der Waals surface area contributed by atoms with E-state index in [0.717, 1.165) is 40.1 Å². The zero-order valence-electron chi connectivity index (χ0n) is 17.3. The third kappa shape index (κ3) is 4.01. The van der Waals surface area contributed by atoms with Crippen molar-refractivity contribution in [1.29, 1.82) is 0 Å². The summed E-state index contributed by atoms with van der Waals surface area (Å²) in [7, 11) is 1.62. The van der Waals surface area contributed by atoms with Crippen LogP contribution in [0.5, 0.6) is 0 Å². The number of H-pyrrole nitrogens is 1. The monoisotopic (exact) mass is 423 g/mol. The Kier molecular flexibility index (Phi) is 5.96. The van der Waals surface area contributed by atoms with Crippen molar-refractivity contribution in [2.24, 2.45) is 0 Å². The summed E-state index contributed by atoms with van der Waals surface area (Å²) in [4.78, 5) is 26.3. The van der Waals surface area contributed by atoms with Crippen LogP contribution in [0.15, 0.2) is 36.8 Å². The number of hydrogen-bond acceptors (Lipinski definition) is 6. The molecule has 3 heterocycles. The van der Waals surface area contributed by atoms with Gasteiger partial charge in [0.1, 0.15) is 17.0 Å². The highest BCUT2D eigenvalue weighted by Gasteiger charge is 2.20. The Hall–Kier alpha value is -2.97. The molecule has 4 rings (SSSR count). The van der Waals surface area contributed by atoms with E-state index in [2.05, 4.69) is 50.0 Å². The van der Waals surface area contributed by atoms with Gasteiger partial charge in [-0.1, -0.05) is 18.2 Å². The molecular formula is C22H25N5O2S. The van der Waals surface area contributed by atoms with Gasteiger partial charge in [0.15, 0.2) is 0 Å². The number of methoxy groups -OCH3 is 1. The molecule has 0 bridgehead atoms. The number of hydrogen-bond donors (Lipinski definition) is 3. The molecule has 0 spiro atoms. The van der Waals surface area contributed by atoms with Gasteiger partial charge in [-0.05, 0) is 37.5 Å². The number of anilines is 1. The van der Waals surface area contributed by atoms with Gasteiger partial charge in [0.2, 0.25) is 0 Å². The van der Waals surface area contributed by atoms with Gasteiger partial charge in [-0.25, -0.2) is 9.97 Å². The third-order valence-corrected chi connectivity index (χ3v) is 6.29. The molecule has 156 valence electrons. The van der Waals surface area contributed by atoms with E-state index in [1.165, 1.54) is 22.3 Å². The Morgan fingerprint density at radius 2 is 2.13 bits per heavy atom. The number of para-hydroxylation sites is 1.